The number of carboxylic acid groups (broad SMARTS) is 1. The number of carbonyl (C=O) groups is 2. The Morgan fingerprint density at radius 2 is 1.80 bits per heavy atom. The number of anilines is 1. The molecule has 0 bridgehead atoms. The maximum Gasteiger partial charge on any atom is 0.325 e. The number of carboxylic acids is 1. The fourth-order valence-corrected chi connectivity index (χ4v) is 2.10. The highest BCUT2D eigenvalue weighted by atomic mass is 79.9. The third kappa shape index (κ3) is 3.48. The molecule has 3 N–H and O–H groups in total. The van der Waals surface area contributed by atoms with Gasteiger partial charge >= 0.3 is 12.0 Å². The number of hydrogen-bond donors (Lipinski definition) is 3. The lowest BCUT2D eigenvalue weighted by Crippen LogP contribution is -2.40. The van der Waals surface area contributed by atoms with Gasteiger partial charge in [0.05, 0.1) is 0 Å². The first-order valence-corrected chi connectivity index (χ1v) is 6.74. The molecule has 6 heteroatoms. The second kappa shape index (κ2) is 5.92. The molecule has 2 aromatic rings. The topological polar surface area (TPSA) is 78.4 Å². The number of urea groups is 1. The van der Waals surface area contributed by atoms with E-state index in [1.54, 1.807) is 6.07 Å². The lowest BCUT2D eigenvalue weighted by Gasteiger charge is -2.11. The molecule has 20 heavy (non-hydrogen) atoms. The van der Waals surface area contributed by atoms with Crippen molar-refractivity contribution in [1.29, 1.82) is 0 Å². The van der Waals surface area contributed by atoms with Gasteiger partial charge in [0.25, 0.3) is 0 Å². The van der Waals surface area contributed by atoms with Gasteiger partial charge in [-0.25, -0.2) is 4.79 Å². The molecule has 0 aliphatic heterocycles. The van der Waals surface area contributed by atoms with Gasteiger partial charge in [-0.05, 0) is 42.0 Å². The first kappa shape index (κ1) is 14.3. The van der Waals surface area contributed by atoms with Gasteiger partial charge in [-0.2, -0.15) is 0 Å². The summed E-state index contributed by atoms with van der Waals surface area (Å²) >= 11 is 3.40. The molecule has 0 saturated heterocycles. The number of benzene rings is 2. The molecule has 0 fully saturated rings. The standard InChI is InChI=1S/C14H13BrN2O3/c1-8(13(18)19)16-14(20)17-12-5-3-9-6-11(15)4-2-10(9)7-12/h2-8H,1H3,(H,18,19)(H2,16,17,20). The quantitative estimate of drug-likeness (QED) is 0.805. The van der Waals surface area contributed by atoms with Crippen molar-refractivity contribution in [2.45, 2.75) is 13.0 Å². The summed E-state index contributed by atoms with van der Waals surface area (Å²) in [6.07, 6.45) is 0. The van der Waals surface area contributed by atoms with Crippen molar-refractivity contribution in [3.8, 4) is 0 Å². The summed E-state index contributed by atoms with van der Waals surface area (Å²) < 4.78 is 0.985. The zero-order valence-corrected chi connectivity index (χ0v) is 12.3. The van der Waals surface area contributed by atoms with Crippen molar-refractivity contribution < 1.29 is 14.7 Å². The average Bonchev–Trinajstić information content (AvgIpc) is 2.38. The summed E-state index contributed by atoms with van der Waals surface area (Å²) in [5, 5.41) is 15.7. The number of halogens is 1. The fraction of sp³-hybridized carbons (Fsp3) is 0.143. The molecule has 0 radical (unpaired) electrons. The highest BCUT2D eigenvalue weighted by Crippen LogP contribution is 2.22. The van der Waals surface area contributed by atoms with Crippen molar-refractivity contribution in [3.63, 3.8) is 0 Å². The first-order chi connectivity index (χ1) is 9.45. The molecule has 0 spiro atoms. The van der Waals surface area contributed by atoms with Crippen molar-refractivity contribution in [3.05, 3.63) is 40.9 Å². The maximum atomic E-state index is 11.6. The van der Waals surface area contributed by atoms with E-state index in [0.717, 1.165) is 15.2 Å². The van der Waals surface area contributed by atoms with Crippen molar-refractivity contribution in [1.82, 2.24) is 5.32 Å². The zero-order chi connectivity index (χ0) is 14.7. The molecule has 0 aliphatic carbocycles. The van der Waals surface area contributed by atoms with E-state index in [4.69, 9.17) is 5.11 Å². The monoisotopic (exact) mass is 336 g/mol. The van der Waals surface area contributed by atoms with E-state index < -0.39 is 18.0 Å². The molecule has 5 nitrogen and oxygen atoms in total. The van der Waals surface area contributed by atoms with Gasteiger partial charge in [0.1, 0.15) is 6.04 Å². The van der Waals surface area contributed by atoms with E-state index in [9.17, 15) is 9.59 Å². The molecule has 1 unspecified atom stereocenters. The summed E-state index contributed by atoms with van der Waals surface area (Å²) in [6, 6.07) is 9.82. The highest BCUT2D eigenvalue weighted by Gasteiger charge is 2.13. The molecule has 104 valence electrons. The van der Waals surface area contributed by atoms with Gasteiger partial charge in [0.2, 0.25) is 0 Å². The second-order valence-electron chi connectivity index (χ2n) is 4.36. The number of fused-ring (bicyclic) bond motifs is 1. The number of aliphatic carboxylic acids is 1. The van der Waals surface area contributed by atoms with Crippen molar-refractivity contribution >= 4 is 44.4 Å². The van der Waals surface area contributed by atoms with Crippen LogP contribution < -0.4 is 10.6 Å². The third-order valence-electron chi connectivity index (χ3n) is 2.78. The van der Waals surface area contributed by atoms with E-state index in [0.29, 0.717) is 5.69 Å². The molecule has 0 saturated carbocycles. The Balaban J connectivity index is 2.12. The van der Waals surface area contributed by atoms with Gasteiger partial charge in [0, 0.05) is 10.2 Å². The minimum Gasteiger partial charge on any atom is -0.480 e. The van der Waals surface area contributed by atoms with Crippen molar-refractivity contribution in [2.75, 3.05) is 5.32 Å². The van der Waals surface area contributed by atoms with Gasteiger partial charge < -0.3 is 15.7 Å². The average molecular weight is 337 g/mol. The van der Waals surface area contributed by atoms with Crippen LogP contribution in [0.5, 0.6) is 0 Å². The number of amides is 2. The van der Waals surface area contributed by atoms with E-state index in [1.165, 1.54) is 6.92 Å². The minimum atomic E-state index is -1.08. The Kier molecular flexibility index (Phi) is 4.24. The third-order valence-corrected chi connectivity index (χ3v) is 3.27. The predicted molar refractivity (Wildman–Crippen MR) is 80.9 cm³/mol. The van der Waals surface area contributed by atoms with E-state index >= 15 is 0 Å². The molecule has 0 heterocycles. The Morgan fingerprint density at radius 1 is 1.15 bits per heavy atom. The molecule has 2 amide bonds. The van der Waals surface area contributed by atoms with Crippen LogP contribution in [0.3, 0.4) is 0 Å². The van der Waals surface area contributed by atoms with Crippen LogP contribution in [0.2, 0.25) is 0 Å². The van der Waals surface area contributed by atoms with Gasteiger partial charge in [0.15, 0.2) is 0 Å². The van der Waals surface area contributed by atoms with Crippen LogP contribution >= 0.6 is 15.9 Å². The van der Waals surface area contributed by atoms with Gasteiger partial charge in [-0.3, -0.25) is 4.79 Å². The SMILES string of the molecule is CC(NC(=O)Nc1ccc2cc(Br)ccc2c1)C(=O)O. The zero-order valence-electron chi connectivity index (χ0n) is 10.7. The summed E-state index contributed by atoms with van der Waals surface area (Å²) in [5.41, 5.74) is 0.606. The van der Waals surface area contributed by atoms with E-state index in [1.807, 2.05) is 30.3 Å². The normalized spacial score (nSPS) is 11.9. The Hall–Kier alpha value is -2.08. The summed E-state index contributed by atoms with van der Waals surface area (Å²) in [7, 11) is 0. The van der Waals surface area contributed by atoms with Crippen LogP contribution in [0, 0.1) is 0 Å². The number of hydrogen-bond acceptors (Lipinski definition) is 2. The van der Waals surface area contributed by atoms with Crippen LogP contribution in [0.4, 0.5) is 10.5 Å². The Morgan fingerprint density at radius 3 is 2.50 bits per heavy atom. The molecule has 2 rings (SSSR count). The predicted octanol–water partition coefficient (Wildman–Crippen LogP) is 3.20. The number of rotatable bonds is 3. The molecule has 2 aromatic carbocycles. The van der Waals surface area contributed by atoms with Crippen LogP contribution in [-0.4, -0.2) is 23.1 Å². The smallest absolute Gasteiger partial charge is 0.325 e. The molecule has 0 aromatic heterocycles. The summed E-state index contributed by atoms with van der Waals surface area (Å²) in [6.45, 7) is 1.40. The van der Waals surface area contributed by atoms with Gasteiger partial charge in [-0.1, -0.05) is 28.1 Å². The van der Waals surface area contributed by atoms with E-state index in [2.05, 4.69) is 26.6 Å². The van der Waals surface area contributed by atoms with Crippen LogP contribution in [0.15, 0.2) is 40.9 Å². The summed E-state index contributed by atoms with van der Waals surface area (Å²) in [4.78, 5) is 22.3. The number of carbonyl (C=O) groups excluding carboxylic acids is 1. The lowest BCUT2D eigenvalue weighted by atomic mass is 10.1. The Bertz CT molecular complexity index is 673. The molecular weight excluding hydrogens is 324 g/mol. The number of nitrogens with one attached hydrogen (secondary N) is 2. The van der Waals surface area contributed by atoms with Crippen molar-refractivity contribution in [2.24, 2.45) is 0 Å². The fourth-order valence-electron chi connectivity index (χ4n) is 1.72. The molecule has 0 aliphatic rings. The second-order valence-corrected chi connectivity index (χ2v) is 5.28. The Labute approximate surface area is 124 Å². The van der Waals surface area contributed by atoms with Crippen LogP contribution in [0.25, 0.3) is 10.8 Å². The van der Waals surface area contributed by atoms with E-state index in [-0.39, 0.29) is 0 Å². The highest BCUT2D eigenvalue weighted by molar-refractivity contribution is 9.10. The van der Waals surface area contributed by atoms with Crippen LogP contribution in [-0.2, 0) is 4.79 Å². The largest absolute Gasteiger partial charge is 0.480 e. The molecular formula is C14H13BrN2O3. The summed E-state index contributed by atoms with van der Waals surface area (Å²) in [5.74, 6) is -1.08. The minimum absolute atomic E-state index is 0.545. The van der Waals surface area contributed by atoms with Crippen LogP contribution in [0.1, 0.15) is 6.92 Å². The van der Waals surface area contributed by atoms with Gasteiger partial charge in [-0.15, -0.1) is 0 Å². The lowest BCUT2D eigenvalue weighted by molar-refractivity contribution is -0.138. The maximum absolute atomic E-state index is 11.6. The first-order valence-electron chi connectivity index (χ1n) is 5.95. The molecule has 1 atom stereocenters.